The Morgan fingerprint density at radius 1 is 0.405 bits per heavy atom. The summed E-state index contributed by atoms with van der Waals surface area (Å²) in [6.45, 7) is 17.2. The second-order valence-corrected chi connectivity index (χ2v) is 32.9. The zero-order valence-electron chi connectivity index (χ0n) is 62.8. The van der Waals surface area contributed by atoms with Gasteiger partial charge in [0.15, 0.2) is 0 Å². The molecule has 0 aliphatic carbocycles. The van der Waals surface area contributed by atoms with Gasteiger partial charge in [0.2, 0.25) is 47.3 Å². The molecular weight excluding hydrogens is 1500 g/mol. The Kier molecular flexibility index (Phi) is 29.3. The van der Waals surface area contributed by atoms with Gasteiger partial charge in [-0.05, 0) is 131 Å². The number of aromatic nitrogens is 6. The van der Waals surface area contributed by atoms with Gasteiger partial charge < -0.3 is 43.1 Å². The van der Waals surface area contributed by atoms with Gasteiger partial charge in [0.05, 0.1) is 66.5 Å². The first-order chi connectivity index (χ1) is 53.4. The molecule has 6 aromatic carbocycles. The maximum Gasteiger partial charge on any atom is 0.316 e. The number of hydrogen-bond donors (Lipinski definition) is 0. The van der Waals surface area contributed by atoms with Crippen LogP contribution in [0.25, 0.3) is 17.1 Å². The van der Waals surface area contributed by atoms with Crippen molar-refractivity contribution in [2.75, 3.05) is 153 Å². The van der Waals surface area contributed by atoms with E-state index in [4.69, 9.17) is 28.4 Å². The maximum absolute atomic E-state index is 13.6. The molecular formula is C78H93F3N12O15S3. The van der Waals surface area contributed by atoms with Crippen LogP contribution in [0.15, 0.2) is 197 Å². The van der Waals surface area contributed by atoms with Gasteiger partial charge >= 0.3 is 16.7 Å². The molecule has 3 saturated heterocycles. The van der Waals surface area contributed by atoms with Crippen molar-refractivity contribution in [3.63, 3.8) is 0 Å². The first kappa shape index (κ1) is 83.6. The average molecular weight is 1590 g/mol. The molecule has 1 atom stereocenters. The van der Waals surface area contributed by atoms with E-state index in [9.17, 15) is 52.8 Å². The molecule has 3 aliphatic rings. The lowest BCUT2D eigenvalue weighted by Gasteiger charge is -2.39. The van der Waals surface area contributed by atoms with E-state index in [1.165, 1.54) is 99.8 Å². The van der Waals surface area contributed by atoms with Crippen LogP contribution < -0.4 is 45.6 Å². The van der Waals surface area contributed by atoms with E-state index >= 15 is 0 Å². The summed E-state index contributed by atoms with van der Waals surface area (Å²) in [5, 5.41) is 12.3. The molecule has 12 rings (SSSR count). The zero-order chi connectivity index (χ0) is 79.3. The standard InChI is InChI=1S/C27H33FN4O5S.C26H31FN4O5S.C25H29FN4O5S/c1-4-36-18-19-37-25-24(20-29-32(26(25)33)23-8-6-5-7-9-23)30-14-16-31(17-15-30)38(34,35)27(2,3)21-10-12-22(28)13-11-21;1-3-35-17-18-36-25-24(19-28-31(26(25)32)23-7-5-4-6-8-23)29-13-15-30(16-14-29)37(33,34)20(2)21-9-11-22(27)12-10-21;1-2-34-16-17-35-24-23(18-27-30(25(24)31)22-6-4-3-5-7-22)28-12-14-29(15-13-28)36(32,33)19-20-8-10-21(26)11-9-20/h5-13,20H,4,14-19H2,1-3H3;4-12,19-20H,3,13-18H2,1-2H3;3-11,18H,2,12-17,19H2,1H3. The number of para-hydroxylation sites is 3. The molecule has 0 radical (unpaired) electrons. The number of hydrogen-bond acceptors (Lipinski definition) is 21. The molecule has 33 heteroatoms. The number of rotatable bonds is 30. The topological polar surface area (TPSA) is 282 Å². The number of piperazine rings is 3. The Morgan fingerprint density at radius 2 is 0.721 bits per heavy atom. The molecule has 0 spiro atoms. The summed E-state index contributed by atoms with van der Waals surface area (Å²) in [6, 6.07) is 43.7. The predicted molar refractivity (Wildman–Crippen MR) is 418 cm³/mol. The van der Waals surface area contributed by atoms with Crippen LogP contribution >= 0.6 is 0 Å². The van der Waals surface area contributed by atoms with Crippen LogP contribution in [0, 0.1) is 17.5 Å². The van der Waals surface area contributed by atoms with E-state index in [0.29, 0.717) is 130 Å². The fraction of sp³-hybridized carbons (Fsp3) is 0.385. The maximum atomic E-state index is 13.6. The van der Waals surface area contributed by atoms with Crippen molar-refractivity contribution < 1.29 is 66.8 Å². The molecule has 3 aliphatic heterocycles. The molecule has 6 heterocycles. The van der Waals surface area contributed by atoms with Gasteiger partial charge in [-0.2, -0.15) is 42.3 Å². The Labute approximate surface area is 644 Å². The molecule has 3 fully saturated rings. The number of halogens is 3. The van der Waals surface area contributed by atoms with Crippen molar-refractivity contribution in [1.29, 1.82) is 0 Å². The highest BCUT2D eigenvalue weighted by Gasteiger charge is 2.43. The SMILES string of the molecule is CCOCCOc1c(N2CCN(S(=O)(=O)C(C)(C)c3ccc(F)cc3)CC2)cnn(-c2ccccc2)c1=O.CCOCCOc1c(N2CCN(S(=O)(=O)C(C)c3ccc(F)cc3)CC2)cnn(-c2ccccc2)c1=O.CCOCCOc1c(N2CCN(S(=O)(=O)Cc3ccc(F)cc3)CC2)cnn(-c2ccccc2)c1=O. The molecule has 27 nitrogen and oxygen atoms in total. The highest BCUT2D eigenvalue weighted by atomic mass is 32.2. The molecule has 594 valence electrons. The van der Waals surface area contributed by atoms with Gasteiger partial charge in [-0.3, -0.25) is 14.4 Å². The van der Waals surface area contributed by atoms with E-state index in [-0.39, 0.29) is 82.1 Å². The second kappa shape index (κ2) is 38.9. The van der Waals surface area contributed by atoms with Crippen molar-refractivity contribution in [3.8, 4) is 34.3 Å². The minimum Gasteiger partial charge on any atom is -0.484 e. The van der Waals surface area contributed by atoms with Crippen molar-refractivity contribution >= 4 is 47.1 Å². The first-order valence-corrected chi connectivity index (χ1v) is 41.1. The summed E-state index contributed by atoms with van der Waals surface area (Å²) in [6.07, 6.45) is 4.74. The van der Waals surface area contributed by atoms with Gasteiger partial charge in [-0.15, -0.1) is 0 Å². The van der Waals surface area contributed by atoms with Gasteiger partial charge in [-0.1, -0.05) is 91.0 Å². The number of ether oxygens (including phenoxy) is 6. The summed E-state index contributed by atoms with van der Waals surface area (Å²) in [4.78, 5) is 45.8. The summed E-state index contributed by atoms with van der Waals surface area (Å²) >= 11 is 0. The smallest absolute Gasteiger partial charge is 0.316 e. The highest BCUT2D eigenvalue weighted by molar-refractivity contribution is 7.90. The Bertz CT molecular complexity index is 5040. The highest BCUT2D eigenvalue weighted by Crippen LogP contribution is 2.36. The van der Waals surface area contributed by atoms with Crippen molar-refractivity contribution in [1.82, 2.24) is 42.3 Å². The molecule has 3 aromatic heterocycles. The minimum absolute atomic E-state index is 0.145. The molecule has 9 aromatic rings. The molecule has 1 unspecified atom stereocenters. The van der Waals surface area contributed by atoms with Crippen LogP contribution in [0.4, 0.5) is 30.2 Å². The first-order valence-electron chi connectivity index (χ1n) is 36.5. The third-order valence-electron chi connectivity index (χ3n) is 18.8. The van der Waals surface area contributed by atoms with Crippen LogP contribution in [-0.4, -0.2) is 206 Å². The average Bonchev–Trinajstić information content (AvgIpc) is 0.766. The molecule has 111 heavy (non-hydrogen) atoms. The number of sulfonamides is 3. The molecule has 0 amide bonds. The minimum atomic E-state index is -3.76. The normalized spacial score (nSPS) is 15.1. The van der Waals surface area contributed by atoms with Crippen LogP contribution in [0.1, 0.15) is 63.5 Å². The van der Waals surface area contributed by atoms with Crippen molar-refractivity contribution in [3.05, 3.63) is 248 Å². The number of nitrogens with zero attached hydrogens (tertiary/aromatic N) is 12. The third kappa shape index (κ3) is 20.8. The summed E-state index contributed by atoms with van der Waals surface area (Å²) in [7, 11) is -11.0. The largest absolute Gasteiger partial charge is 0.484 e. The fourth-order valence-corrected chi connectivity index (χ4v) is 17.4. The monoisotopic (exact) mass is 1590 g/mol. The van der Waals surface area contributed by atoms with Crippen LogP contribution in [0.5, 0.6) is 17.2 Å². The Hall–Kier alpha value is -9.84. The van der Waals surface area contributed by atoms with Crippen LogP contribution in [0.3, 0.4) is 0 Å². The second-order valence-electron chi connectivity index (χ2n) is 26.2. The summed E-state index contributed by atoms with van der Waals surface area (Å²) in [5.74, 6) is -1.00. The van der Waals surface area contributed by atoms with E-state index in [0.717, 1.165) is 0 Å². The quantitative estimate of drug-likeness (QED) is 0.0381. The van der Waals surface area contributed by atoms with E-state index in [1.807, 2.05) is 90.1 Å². The zero-order valence-corrected chi connectivity index (χ0v) is 65.3. The lowest BCUT2D eigenvalue weighted by molar-refractivity contribution is 0.109. The van der Waals surface area contributed by atoms with Gasteiger partial charge in [0, 0.05) is 98.4 Å². The van der Waals surface area contributed by atoms with E-state index in [1.54, 1.807) is 75.8 Å². The Morgan fingerprint density at radius 3 is 1.06 bits per heavy atom. The number of benzene rings is 6. The lowest BCUT2D eigenvalue weighted by Crippen LogP contribution is -2.53. The van der Waals surface area contributed by atoms with E-state index < -0.39 is 74.2 Å². The molecule has 0 saturated carbocycles. The van der Waals surface area contributed by atoms with Crippen LogP contribution in [-0.2, 0) is 54.8 Å². The van der Waals surface area contributed by atoms with Gasteiger partial charge in [0.25, 0.3) is 0 Å². The van der Waals surface area contributed by atoms with Crippen molar-refractivity contribution in [2.45, 2.75) is 57.3 Å². The predicted octanol–water partition coefficient (Wildman–Crippen LogP) is 8.61. The lowest BCUT2D eigenvalue weighted by atomic mass is 10.0. The molecule has 0 N–H and O–H groups in total. The van der Waals surface area contributed by atoms with Crippen LogP contribution in [0.2, 0.25) is 0 Å². The van der Waals surface area contributed by atoms with Gasteiger partial charge in [-0.25, -0.2) is 38.4 Å². The number of anilines is 3. The summed E-state index contributed by atoms with van der Waals surface area (Å²) < 4.78 is 160. The third-order valence-corrected chi connectivity index (χ3v) is 25.5. The Balaban J connectivity index is 0.000000177. The fourth-order valence-electron chi connectivity index (χ4n) is 12.6. The summed E-state index contributed by atoms with van der Waals surface area (Å²) in [5.41, 5.74) is 3.72. The van der Waals surface area contributed by atoms with Crippen molar-refractivity contribution in [2.24, 2.45) is 0 Å². The van der Waals surface area contributed by atoms with Gasteiger partial charge in [0.1, 0.15) is 59.1 Å². The van der Waals surface area contributed by atoms with E-state index in [2.05, 4.69) is 15.3 Å². The molecule has 0 bridgehead atoms.